The van der Waals surface area contributed by atoms with Crippen molar-refractivity contribution in [3.63, 3.8) is 0 Å². The van der Waals surface area contributed by atoms with Crippen molar-refractivity contribution in [1.29, 1.82) is 0 Å². The summed E-state index contributed by atoms with van der Waals surface area (Å²) >= 11 is 0. The van der Waals surface area contributed by atoms with Crippen LogP contribution in [-0.4, -0.2) is 50.2 Å². The molecule has 8 heteroatoms. The van der Waals surface area contributed by atoms with Gasteiger partial charge in [-0.2, -0.15) is 8.42 Å². The van der Waals surface area contributed by atoms with Crippen LogP contribution in [0.25, 0.3) is 0 Å². The highest BCUT2D eigenvalue weighted by Gasteiger charge is 2.51. The topological polar surface area (TPSA) is 119 Å². The van der Waals surface area contributed by atoms with Crippen molar-refractivity contribution in [1.82, 2.24) is 0 Å². The van der Waals surface area contributed by atoms with Gasteiger partial charge in [0.15, 0.2) is 5.60 Å². The number of aliphatic hydroxyl groups is 2. The molecule has 0 aliphatic carbocycles. The number of rotatable bonds is 5. The van der Waals surface area contributed by atoms with Crippen molar-refractivity contribution < 1.29 is 27.6 Å². The molecule has 0 saturated carbocycles. The Morgan fingerprint density at radius 1 is 1.62 bits per heavy atom. The molecule has 0 saturated heterocycles. The molecule has 4 N–H and O–H groups in total. The predicted octanol–water partition coefficient (Wildman–Crippen LogP) is -1.72. The minimum atomic E-state index is -3.93. The maximum absolute atomic E-state index is 11.2. The van der Waals surface area contributed by atoms with Crippen molar-refractivity contribution in [2.45, 2.75) is 18.6 Å². The van der Waals surface area contributed by atoms with Crippen LogP contribution in [0.2, 0.25) is 0 Å². The second kappa shape index (κ2) is 4.68. The minimum Gasteiger partial charge on any atom is -0.399 e. The van der Waals surface area contributed by atoms with E-state index in [0.29, 0.717) is 5.41 Å². The van der Waals surface area contributed by atoms with Crippen LogP contribution in [0.15, 0.2) is 11.1 Å². The van der Waals surface area contributed by atoms with Gasteiger partial charge in [-0.15, -0.1) is 0 Å². The Balaban J connectivity index is 3.09. The Kier molecular flexibility index (Phi) is 3.92. The first-order valence-corrected chi connectivity index (χ1v) is 6.15. The van der Waals surface area contributed by atoms with Gasteiger partial charge in [0.1, 0.15) is 6.10 Å². The van der Waals surface area contributed by atoms with Crippen LogP contribution in [0.4, 0.5) is 0 Å². The number of aliphatic hydroxyl groups excluding tert-OH is 2. The molecular formula is C8H15NO6S. The quantitative estimate of drug-likeness (QED) is 0.498. The van der Waals surface area contributed by atoms with Crippen LogP contribution in [0.1, 0.15) is 6.92 Å². The van der Waals surface area contributed by atoms with Gasteiger partial charge in [-0.3, -0.25) is 0 Å². The van der Waals surface area contributed by atoms with Gasteiger partial charge in [0, 0.05) is 6.61 Å². The first-order valence-electron chi connectivity index (χ1n) is 4.68. The molecule has 1 rings (SSSR count). The molecular weight excluding hydrogens is 238 g/mol. The number of nitrogens with two attached hydrogens (primary N) is 1. The Labute approximate surface area is 93.6 Å². The molecule has 16 heavy (non-hydrogen) atoms. The van der Waals surface area contributed by atoms with Gasteiger partial charge in [0.05, 0.1) is 24.3 Å². The summed E-state index contributed by atoms with van der Waals surface area (Å²) in [5, 5.41) is 19.1. The van der Waals surface area contributed by atoms with Crippen LogP contribution in [0.5, 0.6) is 0 Å². The van der Waals surface area contributed by atoms with E-state index in [0.717, 1.165) is 0 Å². The first-order chi connectivity index (χ1) is 7.41. The van der Waals surface area contributed by atoms with Gasteiger partial charge in [-0.05, 0) is 6.92 Å². The molecule has 1 unspecified atom stereocenters. The van der Waals surface area contributed by atoms with Crippen LogP contribution in [-0.2, 0) is 19.0 Å². The van der Waals surface area contributed by atoms with E-state index in [-0.39, 0.29) is 12.3 Å². The lowest BCUT2D eigenvalue weighted by atomic mass is 9.95. The van der Waals surface area contributed by atoms with Gasteiger partial charge in [0.25, 0.3) is 10.1 Å². The molecule has 0 radical (unpaired) electrons. The summed E-state index contributed by atoms with van der Waals surface area (Å²) in [5.41, 5.74) is 3.62. The summed E-state index contributed by atoms with van der Waals surface area (Å²) in [5.74, 6) is 0. The molecule has 0 aromatic heterocycles. The monoisotopic (exact) mass is 253 g/mol. The second-order valence-electron chi connectivity index (χ2n) is 3.32. The lowest BCUT2D eigenvalue weighted by molar-refractivity contribution is -0.105. The van der Waals surface area contributed by atoms with Crippen molar-refractivity contribution in [3.8, 4) is 0 Å². The predicted molar refractivity (Wildman–Crippen MR) is 54.6 cm³/mol. The van der Waals surface area contributed by atoms with E-state index in [1.54, 1.807) is 6.92 Å². The van der Waals surface area contributed by atoms with Crippen LogP contribution in [0.3, 0.4) is 0 Å². The van der Waals surface area contributed by atoms with Gasteiger partial charge in [-0.1, -0.05) is 0 Å². The summed E-state index contributed by atoms with van der Waals surface area (Å²) in [7, 11) is -3.93. The molecule has 0 fully saturated rings. The second-order valence-corrected chi connectivity index (χ2v) is 4.71. The Hall–Kier alpha value is -0.670. The Morgan fingerprint density at radius 3 is 2.56 bits per heavy atom. The van der Waals surface area contributed by atoms with Crippen molar-refractivity contribution in [2.24, 2.45) is 5.73 Å². The third-order valence-electron chi connectivity index (χ3n) is 2.31. The highest BCUT2D eigenvalue weighted by atomic mass is 32.2. The normalized spacial score (nSPS) is 30.1. The van der Waals surface area contributed by atoms with E-state index in [4.69, 9.17) is 19.8 Å². The largest absolute Gasteiger partial charge is 0.399 e. The maximum atomic E-state index is 11.2. The van der Waals surface area contributed by atoms with Gasteiger partial charge in [0.2, 0.25) is 0 Å². The molecule has 0 aromatic carbocycles. The standard InChI is InChI=1S/C8H15NO6S/c1-2-14-7(3-10)8(5-11)6(9)4-16(12,13)15-8/h4,7,10-11H,2-3,5,9H2,1H3/t7-,8?/m1/s1. The molecule has 0 bridgehead atoms. The SMILES string of the molecule is CCO[C@H](CO)C1(CO)OS(=O)(=O)C=C1N. The number of hydrogen-bond donors (Lipinski definition) is 3. The molecule has 0 aromatic rings. The summed E-state index contributed by atoms with van der Waals surface area (Å²) < 4.78 is 32.3. The van der Waals surface area contributed by atoms with Crippen LogP contribution >= 0.6 is 0 Å². The summed E-state index contributed by atoms with van der Waals surface area (Å²) in [6.45, 7) is 0.680. The van der Waals surface area contributed by atoms with Gasteiger partial charge in [-0.25, -0.2) is 4.18 Å². The smallest absolute Gasteiger partial charge is 0.292 e. The number of ether oxygens (including phenoxy) is 1. The van der Waals surface area contributed by atoms with Gasteiger partial charge < -0.3 is 20.7 Å². The highest BCUT2D eigenvalue weighted by Crippen LogP contribution is 2.33. The van der Waals surface area contributed by atoms with E-state index in [2.05, 4.69) is 0 Å². The van der Waals surface area contributed by atoms with E-state index in [1.165, 1.54) is 0 Å². The van der Waals surface area contributed by atoms with E-state index in [1.807, 2.05) is 0 Å². The van der Waals surface area contributed by atoms with Crippen LogP contribution in [0, 0.1) is 0 Å². The van der Waals surface area contributed by atoms with E-state index in [9.17, 15) is 13.5 Å². The maximum Gasteiger partial charge on any atom is 0.292 e. The van der Waals surface area contributed by atoms with Crippen LogP contribution < -0.4 is 5.73 Å². The zero-order valence-electron chi connectivity index (χ0n) is 8.79. The van der Waals surface area contributed by atoms with E-state index < -0.39 is 35.0 Å². The molecule has 0 spiro atoms. The highest BCUT2D eigenvalue weighted by molar-refractivity contribution is 7.90. The average molecular weight is 253 g/mol. The molecule has 7 nitrogen and oxygen atoms in total. The zero-order valence-corrected chi connectivity index (χ0v) is 9.61. The summed E-state index contributed by atoms with van der Waals surface area (Å²) in [4.78, 5) is 0. The average Bonchev–Trinajstić information content (AvgIpc) is 2.45. The van der Waals surface area contributed by atoms with Gasteiger partial charge >= 0.3 is 0 Å². The van der Waals surface area contributed by atoms with Crippen molar-refractivity contribution in [2.75, 3.05) is 19.8 Å². The molecule has 0 amide bonds. The fourth-order valence-corrected chi connectivity index (χ4v) is 2.76. The van der Waals surface area contributed by atoms with E-state index >= 15 is 0 Å². The molecule has 94 valence electrons. The lowest BCUT2D eigenvalue weighted by Crippen LogP contribution is -2.53. The Bertz CT molecular complexity index is 378. The molecule has 1 heterocycles. The zero-order chi connectivity index (χ0) is 12.4. The number of hydrogen-bond acceptors (Lipinski definition) is 7. The lowest BCUT2D eigenvalue weighted by Gasteiger charge is -2.33. The third kappa shape index (κ3) is 2.20. The molecule has 1 aliphatic rings. The summed E-state index contributed by atoms with van der Waals surface area (Å²) in [6.07, 6.45) is -1.03. The summed E-state index contributed by atoms with van der Waals surface area (Å²) in [6, 6.07) is 0. The fourth-order valence-electron chi connectivity index (χ4n) is 1.53. The third-order valence-corrected chi connectivity index (χ3v) is 3.39. The first kappa shape index (κ1) is 13.4. The van der Waals surface area contributed by atoms with Crippen molar-refractivity contribution in [3.05, 3.63) is 11.1 Å². The minimum absolute atomic E-state index is 0.178. The molecule has 1 aliphatic heterocycles. The Morgan fingerprint density at radius 2 is 2.25 bits per heavy atom. The fraction of sp³-hybridized carbons (Fsp3) is 0.750. The van der Waals surface area contributed by atoms with Crippen molar-refractivity contribution >= 4 is 10.1 Å². The molecule has 2 atom stereocenters.